The van der Waals surface area contributed by atoms with Gasteiger partial charge in [-0.2, -0.15) is 11.8 Å². The number of aliphatic hydroxyl groups is 1. The molecule has 0 aliphatic heterocycles. The number of aliphatic hydroxyl groups excluding tert-OH is 1. The van der Waals surface area contributed by atoms with E-state index in [4.69, 9.17) is 11.6 Å². The molecular formula is C8H11ClOS2. The van der Waals surface area contributed by atoms with Crippen LogP contribution in [-0.4, -0.2) is 17.1 Å². The minimum Gasteiger partial charge on any atom is -0.388 e. The van der Waals surface area contributed by atoms with Crippen LogP contribution < -0.4 is 0 Å². The molecule has 0 spiro atoms. The highest BCUT2D eigenvalue weighted by atomic mass is 35.5. The first-order chi connectivity index (χ1) is 5.74. The highest BCUT2D eigenvalue weighted by molar-refractivity contribution is 7.98. The van der Waals surface area contributed by atoms with Gasteiger partial charge in [-0.05, 0) is 30.6 Å². The Balaban J connectivity index is 2.47. The monoisotopic (exact) mass is 222 g/mol. The normalized spacial score (nSPS) is 13.2. The molecule has 1 atom stereocenters. The lowest BCUT2D eigenvalue weighted by molar-refractivity contribution is 0.179. The zero-order chi connectivity index (χ0) is 8.97. The van der Waals surface area contributed by atoms with Crippen LogP contribution in [0.3, 0.4) is 0 Å². The maximum atomic E-state index is 9.60. The molecule has 0 aliphatic carbocycles. The lowest BCUT2D eigenvalue weighted by Crippen LogP contribution is -1.95. The van der Waals surface area contributed by atoms with Crippen molar-refractivity contribution >= 4 is 34.7 Å². The fourth-order valence-electron chi connectivity index (χ4n) is 0.879. The molecule has 1 N–H and O–H groups in total. The van der Waals surface area contributed by atoms with E-state index >= 15 is 0 Å². The third kappa shape index (κ3) is 2.98. The van der Waals surface area contributed by atoms with Crippen LogP contribution in [0.15, 0.2) is 12.1 Å². The van der Waals surface area contributed by atoms with E-state index < -0.39 is 0 Å². The van der Waals surface area contributed by atoms with E-state index in [1.54, 1.807) is 11.8 Å². The molecule has 0 radical (unpaired) electrons. The summed E-state index contributed by atoms with van der Waals surface area (Å²) < 4.78 is 0.744. The van der Waals surface area contributed by atoms with Crippen molar-refractivity contribution in [3.63, 3.8) is 0 Å². The smallest absolute Gasteiger partial charge is 0.0932 e. The lowest BCUT2D eigenvalue weighted by Gasteiger charge is -2.05. The molecule has 0 saturated carbocycles. The molecular weight excluding hydrogens is 212 g/mol. The Kier molecular flexibility index (Phi) is 4.43. The molecule has 0 fully saturated rings. The van der Waals surface area contributed by atoms with Crippen LogP contribution in [0.1, 0.15) is 17.4 Å². The summed E-state index contributed by atoms with van der Waals surface area (Å²) >= 11 is 8.94. The van der Waals surface area contributed by atoms with Gasteiger partial charge in [-0.1, -0.05) is 11.6 Å². The van der Waals surface area contributed by atoms with Crippen LogP contribution >= 0.6 is 34.7 Å². The summed E-state index contributed by atoms with van der Waals surface area (Å²) in [4.78, 5) is 0.967. The van der Waals surface area contributed by atoms with Gasteiger partial charge in [0.2, 0.25) is 0 Å². The van der Waals surface area contributed by atoms with E-state index in [-0.39, 0.29) is 6.10 Å². The number of hydrogen-bond donors (Lipinski definition) is 1. The Labute approximate surface area is 85.8 Å². The molecule has 1 heterocycles. The van der Waals surface area contributed by atoms with Gasteiger partial charge in [0.1, 0.15) is 0 Å². The summed E-state index contributed by atoms with van der Waals surface area (Å²) in [5, 5.41) is 9.60. The molecule has 0 saturated heterocycles. The Morgan fingerprint density at radius 2 is 2.42 bits per heavy atom. The molecule has 0 bridgehead atoms. The van der Waals surface area contributed by atoms with Crippen LogP contribution in [0.4, 0.5) is 0 Å². The van der Waals surface area contributed by atoms with Gasteiger partial charge in [0.15, 0.2) is 0 Å². The fourth-order valence-corrected chi connectivity index (χ4v) is 2.42. The number of hydrogen-bond acceptors (Lipinski definition) is 3. The number of halogens is 1. The molecule has 68 valence electrons. The van der Waals surface area contributed by atoms with Crippen molar-refractivity contribution in [3.05, 3.63) is 21.3 Å². The van der Waals surface area contributed by atoms with Crippen LogP contribution in [-0.2, 0) is 0 Å². The molecule has 1 aromatic heterocycles. The number of thioether (sulfide) groups is 1. The quantitative estimate of drug-likeness (QED) is 0.845. The van der Waals surface area contributed by atoms with Crippen LogP contribution in [0.5, 0.6) is 0 Å². The summed E-state index contributed by atoms with van der Waals surface area (Å²) in [6.45, 7) is 0. The number of rotatable bonds is 4. The minimum atomic E-state index is -0.338. The summed E-state index contributed by atoms with van der Waals surface area (Å²) in [5.41, 5.74) is 0. The van der Waals surface area contributed by atoms with Crippen molar-refractivity contribution in [1.82, 2.24) is 0 Å². The van der Waals surface area contributed by atoms with Crippen molar-refractivity contribution in [2.45, 2.75) is 12.5 Å². The second-order valence-electron chi connectivity index (χ2n) is 2.44. The molecule has 4 heteroatoms. The highest BCUT2D eigenvalue weighted by Gasteiger charge is 2.08. The van der Waals surface area contributed by atoms with Gasteiger partial charge in [0, 0.05) is 4.88 Å². The summed E-state index contributed by atoms with van der Waals surface area (Å²) in [6, 6.07) is 3.71. The zero-order valence-electron chi connectivity index (χ0n) is 6.79. The third-order valence-electron chi connectivity index (χ3n) is 1.52. The molecule has 0 aliphatic rings. The first-order valence-electron chi connectivity index (χ1n) is 3.66. The van der Waals surface area contributed by atoms with Crippen molar-refractivity contribution in [2.75, 3.05) is 12.0 Å². The maximum Gasteiger partial charge on any atom is 0.0932 e. The van der Waals surface area contributed by atoms with Gasteiger partial charge in [0.05, 0.1) is 10.4 Å². The summed E-state index contributed by atoms with van der Waals surface area (Å²) in [7, 11) is 0. The van der Waals surface area contributed by atoms with Crippen molar-refractivity contribution < 1.29 is 5.11 Å². The molecule has 0 aromatic carbocycles. The zero-order valence-corrected chi connectivity index (χ0v) is 9.18. The van der Waals surface area contributed by atoms with E-state index in [0.717, 1.165) is 21.4 Å². The highest BCUT2D eigenvalue weighted by Crippen LogP contribution is 2.28. The van der Waals surface area contributed by atoms with Gasteiger partial charge >= 0.3 is 0 Å². The SMILES string of the molecule is CSCCC(O)c1ccc(Cl)s1. The van der Waals surface area contributed by atoms with Gasteiger partial charge in [-0.15, -0.1) is 11.3 Å². The molecule has 1 rings (SSSR count). The predicted octanol–water partition coefficient (Wildman–Crippen LogP) is 3.19. The minimum absolute atomic E-state index is 0.338. The van der Waals surface area contributed by atoms with Crippen LogP contribution in [0.2, 0.25) is 4.34 Å². The van der Waals surface area contributed by atoms with Gasteiger partial charge in [-0.3, -0.25) is 0 Å². The lowest BCUT2D eigenvalue weighted by atomic mass is 10.2. The Morgan fingerprint density at radius 3 is 2.92 bits per heavy atom. The summed E-state index contributed by atoms with van der Waals surface area (Å²) in [6.07, 6.45) is 2.50. The van der Waals surface area contributed by atoms with Crippen LogP contribution in [0, 0.1) is 0 Å². The average molecular weight is 223 g/mol. The average Bonchev–Trinajstić information content (AvgIpc) is 2.47. The molecule has 12 heavy (non-hydrogen) atoms. The topological polar surface area (TPSA) is 20.2 Å². The molecule has 1 unspecified atom stereocenters. The van der Waals surface area contributed by atoms with E-state index in [9.17, 15) is 5.11 Å². The maximum absolute atomic E-state index is 9.60. The fraction of sp³-hybridized carbons (Fsp3) is 0.500. The molecule has 1 nitrogen and oxygen atoms in total. The van der Waals surface area contributed by atoms with Gasteiger partial charge in [0.25, 0.3) is 0 Å². The van der Waals surface area contributed by atoms with Crippen LogP contribution in [0.25, 0.3) is 0 Å². The van der Waals surface area contributed by atoms with Crippen molar-refractivity contribution in [2.24, 2.45) is 0 Å². The van der Waals surface area contributed by atoms with E-state index in [2.05, 4.69) is 0 Å². The van der Waals surface area contributed by atoms with E-state index in [0.29, 0.717) is 0 Å². The van der Waals surface area contributed by atoms with E-state index in [1.807, 2.05) is 18.4 Å². The largest absolute Gasteiger partial charge is 0.388 e. The predicted molar refractivity (Wildman–Crippen MR) is 57.3 cm³/mol. The van der Waals surface area contributed by atoms with E-state index in [1.165, 1.54) is 11.3 Å². The standard InChI is InChI=1S/C8H11ClOS2/c1-11-5-4-6(10)7-2-3-8(9)12-7/h2-3,6,10H,4-5H2,1H3. The molecule has 1 aromatic rings. The summed E-state index contributed by atoms with van der Waals surface area (Å²) in [5.74, 6) is 0.983. The second-order valence-corrected chi connectivity index (χ2v) is 5.17. The number of thiophene rings is 1. The first-order valence-corrected chi connectivity index (χ1v) is 6.25. The van der Waals surface area contributed by atoms with Gasteiger partial charge < -0.3 is 5.11 Å². The van der Waals surface area contributed by atoms with Gasteiger partial charge in [-0.25, -0.2) is 0 Å². The first kappa shape index (κ1) is 10.4. The Morgan fingerprint density at radius 1 is 1.67 bits per heavy atom. The third-order valence-corrected chi connectivity index (χ3v) is 3.49. The Bertz CT molecular complexity index is 237. The second kappa shape index (κ2) is 5.12. The molecule has 0 amide bonds. The Hall–Kier alpha value is 0.300. The van der Waals surface area contributed by atoms with Crippen molar-refractivity contribution in [3.8, 4) is 0 Å². The van der Waals surface area contributed by atoms with Crippen molar-refractivity contribution in [1.29, 1.82) is 0 Å².